The fraction of sp³-hybridized carbons (Fsp3) is 0.500. The Labute approximate surface area is 102 Å². The molecule has 0 saturated carbocycles. The summed E-state index contributed by atoms with van der Waals surface area (Å²) in [6.45, 7) is 3.15. The molecule has 1 aromatic rings. The highest BCUT2D eigenvalue weighted by Gasteiger charge is 2.02. The highest BCUT2D eigenvalue weighted by molar-refractivity contribution is 7.99. The maximum absolute atomic E-state index is 5.87. The Morgan fingerprint density at radius 3 is 2.88 bits per heavy atom. The second-order valence-corrected chi connectivity index (χ2v) is 4.99. The Kier molecular flexibility index (Phi) is 5.32. The maximum Gasteiger partial charge on any atom is 0.121 e. The zero-order chi connectivity index (χ0) is 12.0. The summed E-state index contributed by atoms with van der Waals surface area (Å²) in [6, 6.07) is 5.66. The van der Waals surface area contributed by atoms with Crippen LogP contribution in [0.1, 0.15) is 13.3 Å². The molecular formula is C12H20N2OS. The molecule has 3 N–H and O–H groups in total. The van der Waals surface area contributed by atoms with Gasteiger partial charge in [0.25, 0.3) is 0 Å². The lowest BCUT2D eigenvalue weighted by molar-refractivity contribution is 0.415. The van der Waals surface area contributed by atoms with E-state index >= 15 is 0 Å². The van der Waals surface area contributed by atoms with E-state index in [0.29, 0.717) is 5.25 Å². The van der Waals surface area contributed by atoms with Crippen molar-refractivity contribution < 1.29 is 4.74 Å². The molecule has 0 heterocycles. The molecule has 1 aromatic carbocycles. The molecule has 0 radical (unpaired) electrons. The average Bonchev–Trinajstić information content (AvgIpc) is 2.31. The summed E-state index contributed by atoms with van der Waals surface area (Å²) in [5.41, 5.74) is 7.58. The van der Waals surface area contributed by atoms with Crippen LogP contribution in [-0.4, -0.2) is 25.2 Å². The van der Waals surface area contributed by atoms with Crippen LogP contribution in [0.4, 0.5) is 11.4 Å². The number of thioether (sulfide) groups is 1. The lowest BCUT2D eigenvalue weighted by Crippen LogP contribution is -2.09. The van der Waals surface area contributed by atoms with Gasteiger partial charge >= 0.3 is 0 Å². The number of benzene rings is 1. The van der Waals surface area contributed by atoms with Crippen LogP contribution in [0.2, 0.25) is 0 Å². The SMILES string of the molecule is COc1ccc(N)c(NCCC(C)SC)c1. The number of ether oxygens (including phenoxy) is 1. The minimum atomic E-state index is 0.666. The van der Waals surface area contributed by atoms with Gasteiger partial charge in [-0.15, -0.1) is 0 Å². The molecule has 1 unspecified atom stereocenters. The molecule has 0 fully saturated rings. The van der Waals surface area contributed by atoms with Crippen molar-refractivity contribution in [2.45, 2.75) is 18.6 Å². The maximum atomic E-state index is 5.87. The number of hydrogen-bond acceptors (Lipinski definition) is 4. The summed E-state index contributed by atoms with van der Waals surface area (Å²) < 4.78 is 5.16. The van der Waals surface area contributed by atoms with Crippen LogP contribution in [-0.2, 0) is 0 Å². The van der Waals surface area contributed by atoms with Gasteiger partial charge < -0.3 is 15.8 Å². The Morgan fingerprint density at radius 2 is 2.25 bits per heavy atom. The average molecular weight is 240 g/mol. The molecule has 0 aliphatic rings. The molecule has 0 saturated heterocycles. The standard InChI is InChI=1S/C12H20N2OS/c1-9(16-3)6-7-14-12-8-10(15-2)4-5-11(12)13/h4-5,8-9,14H,6-7,13H2,1-3H3. The van der Waals surface area contributed by atoms with E-state index in [2.05, 4.69) is 18.5 Å². The van der Waals surface area contributed by atoms with E-state index in [-0.39, 0.29) is 0 Å². The van der Waals surface area contributed by atoms with Crippen molar-refractivity contribution in [3.8, 4) is 5.75 Å². The monoisotopic (exact) mass is 240 g/mol. The van der Waals surface area contributed by atoms with Crippen molar-refractivity contribution in [1.82, 2.24) is 0 Å². The van der Waals surface area contributed by atoms with E-state index < -0.39 is 0 Å². The smallest absolute Gasteiger partial charge is 0.121 e. The summed E-state index contributed by atoms with van der Waals surface area (Å²) in [6.07, 6.45) is 3.25. The number of anilines is 2. The Bertz CT molecular complexity index is 331. The van der Waals surface area contributed by atoms with Gasteiger partial charge in [0.1, 0.15) is 5.75 Å². The molecule has 0 spiro atoms. The molecule has 90 valence electrons. The van der Waals surface area contributed by atoms with E-state index in [9.17, 15) is 0 Å². The first-order chi connectivity index (χ1) is 7.67. The second kappa shape index (κ2) is 6.53. The van der Waals surface area contributed by atoms with Crippen molar-refractivity contribution >= 4 is 23.1 Å². The van der Waals surface area contributed by atoms with E-state index in [1.807, 2.05) is 30.0 Å². The highest BCUT2D eigenvalue weighted by atomic mass is 32.2. The van der Waals surface area contributed by atoms with Gasteiger partial charge in [0.15, 0.2) is 0 Å². The van der Waals surface area contributed by atoms with E-state index in [4.69, 9.17) is 10.5 Å². The minimum Gasteiger partial charge on any atom is -0.497 e. The number of rotatable bonds is 6. The summed E-state index contributed by atoms with van der Waals surface area (Å²) in [7, 11) is 1.66. The molecule has 4 heteroatoms. The predicted octanol–water partition coefficient (Wildman–Crippen LogP) is 2.83. The third-order valence-corrected chi connectivity index (χ3v) is 3.57. The van der Waals surface area contributed by atoms with Crippen LogP contribution in [0.25, 0.3) is 0 Å². The lowest BCUT2D eigenvalue weighted by Gasteiger charge is -2.12. The highest BCUT2D eigenvalue weighted by Crippen LogP contribution is 2.24. The number of nitrogens with one attached hydrogen (secondary N) is 1. The second-order valence-electron chi connectivity index (χ2n) is 3.71. The Balaban J connectivity index is 2.52. The molecule has 0 aromatic heterocycles. The summed E-state index contributed by atoms with van der Waals surface area (Å²) in [4.78, 5) is 0. The fourth-order valence-electron chi connectivity index (χ4n) is 1.34. The fourth-order valence-corrected chi connectivity index (χ4v) is 1.70. The summed E-state index contributed by atoms with van der Waals surface area (Å²) >= 11 is 1.88. The molecule has 0 bridgehead atoms. The predicted molar refractivity (Wildman–Crippen MR) is 73.5 cm³/mol. The zero-order valence-electron chi connectivity index (χ0n) is 10.1. The van der Waals surface area contributed by atoms with Gasteiger partial charge in [-0.05, 0) is 24.8 Å². The first-order valence-electron chi connectivity index (χ1n) is 5.37. The van der Waals surface area contributed by atoms with Crippen LogP contribution < -0.4 is 15.8 Å². The van der Waals surface area contributed by atoms with Gasteiger partial charge in [-0.1, -0.05) is 6.92 Å². The van der Waals surface area contributed by atoms with E-state index in [0.717, 1.165) is 30.1 Å². The van der Waals surface area contributed by atoms with Crippen LogP contribution in [0.15, 0.2) is 18.2 Å². The van der Waals surface area contributed by atoms with Crippen molar-refractivity contribution in [1.29, 1.82) is 0 Å². The molecule has 0 amide bonds. The third kappa shape index (κ3) is 3.85. The Hall–Kier alpha value is -1.03. The zero-order valence-corrected chi connectivity index (χ0v) is 10.9. The molecule has 3 nitrogen and oxygen atoms in total. The number of methoxy groups -OCH3 is 1. The van der Waals surface area contributed by atoms with Gasteiger partial charge in [-0.25, -0.2) is 0 Å². The van der Waals surface area contributed by atoms with Gasteiger partial charge in [0.2, 0.25) is 0 Å². The van der Waals surface area contributed by atoms with Gasteiger partial charge in [0, 0.05) is 17.9 Å². The van der Waals surface area contributed by atoms with Crippen molar-refractivity contribution in [2.75, 3.05) is 31.0 Å². The largest absolute Gasteiger partial charge is 0.497 e. The van der Waals surface area contributed by atoms with Gasteiger partial charge in [0.05, 0.1) is 18.5 Å². The molecule has 1 atom stereocenters. The number of nitrogen functional groups attached to an aromatic ring is 1. The normalized spacial score (nSPS) is 12.2. The van der Waals surface area contributed by atoms with Crippen LogP contribution in [0, 0.1) is 0 Å². The molecule has 16 heavy (non-hydrogen) atoms. The van der Waals surface area contributed by atoms with Crippen molar-refractivity contribution in [3.63, 3.8) is 0 Å². The summed E-state index contributed by atoms with van der Waals surface area (Å²) in [5, 5.41) is 4.00. The number of hydrogen-bond donors (Lipinski definition) is 2. The topological polar surface area (TPSA) is 47.3 Å². The number of nitrogens with two attached hydrogens (primary N) is 1. The lowest BCUT2D eigenvalue weighted by atomic mass is 10.2. The van der Waals surface area contributed by atoms with Crippen LogP contribution in [0.5, 0.6) is 5.75 Å². The van der Waals surface area contributed by atoms with Gasteiger partial charge in [-0.2, -0.15) is 11.8 Å². The first kappa shape index (κ1) is 13.0. The quantitative estimate of drug-likeness (QED) is 0.751. The third-order valence-electron chi connectivity index (χ3n) is 2.53. The van der Waals surface area contributed by atoms with Crippen molar-refractivity contribution in [3.05, 3.63) is 18.2 Å². The van der Waals surface area contributed by atoms with Gasteiger partial charge in [-0.3, -0.25) is 0 Å². The summed E-state index contributed by atoms with van der Waals surface area (Å²) in [5.74, 6) is 0.828. The Morgan fingerprint density at radius 1 is 1.50 bits per heavy atom. The van der Waals surface area contributed by atoms with Crippen LogP contribution in [0.3, 0.4) is 0 Å². The first-order valence-corrected chi connectivity index (χ1v) is 6.66. The van der Waals surface area contributed by atoms with Crippen LogP contribution >= 0.6 is 11.8 Å². The molecule has 0 aliphatic heterocycles. The molecule has 0 aliphatic carbocycles. The minimum absolute atomic E-state index is 0.666. The van der Waals surface area contributed by atoms with Crippen molar-refractivity contribution in [2.24, 2.45) is 0 Å². The van der Waals surface area contributed by atoms with E-state index in [1.165, 1.54) is 0 Å². The molecular weight excluding hydrogens is 220 g/mol. The molecule has 1 rings (SSSR count). The van der Waals surface area contributed by atoms with E-state index in [1.54, 1.807) is 7.11 Å².